The Morgan fingerprint density at radius 1 is 1.30 bits per heavy atom. The SMILES string of the molecule is COC(=O)C1CCC(NC(=O)c2ccc(=O)[nH]n2)CC1. The van der Waals surface area contributed by atoms with Crippen LogP contribution in [0.25, 0.3) is 0 Å². The number of carbonyl (C=O) groups is 2. The van der Waals surface area contributed by atoms with Crippen molar-refractivity contribution in [2.24, 2.45) is 5.92 Å². The average Bonchev–Trinajstić information content (AvgIpc) is 2.48. The van der Waals surface area contributed by atoms with Gasteiger partial charge in [-0.1, -0.05) is 0 Å². The van der Waals surface area contributed by atoms with Crippen LogP contribution in [-0.4, -0.2) is 35.2 Å². The maximum absolute atomic E-state index is 11.9. The summed E-state index contributed by atoms with van der Waals surface area (Å²) in [6, 6.07) is 2.67. The highest BCUT2D eigenvalue weighted by Crippen LogP contribution is 2.25. The minimum Gasteiger partial charge on any atom is -0.469 e. The number of methoxy groups -OCH3 is 1. The third-order valence-electron chi connectivity index (χ3n) is 3.51. The molecular weight excluding hydrogens is 262 g/mol. The lowest BCUT2D eigenvalue weighted by atomic mass is 9.86. The van der Waals surface area contributed by atoms with Crippen molar-refractivity contribution in [3.8, 4) is 0 Å². The fraction of sp³-hybridized carbons (Fsp3) is 0.538. The second-order valence-corrected chi connectivity index (χ2v) is 4.85. The Hall–Kier alpha value is -2.18. The summed E-state index contributed by atoms with van der Waals surface area (Å²) in [6.45, 7) is 0. The number of rotatable bonds is 3. The van der Waals surface area contributed by atoms with Gasteiger partial charge in [-0.05, 0) is 31.7 Å². The van der Waals surface area contributed by atoms with Gasteiger partial charge < -0.3 is 10.1 Å². The van der Waals surface area contributed by atoms with Gasteiger partial charge in [-0.3, -0.25) is 14.4 Å². The van der Waals surface area contributed by atoms with Crippen LogP contribution in [-0.2, 0) is 9.53 Å². The number of ether oxygens (including phenoxy) is 1. The van der Waals surface area contributed by atoms with Crippen molar-refractivity contribution in [3.05, 3.63) is 28.2 Å². The van der Waals surface area contributed by atoms with E-state index in [1.165, 1.54) is 19.2 Å². The van der Waals surface area contributed by atoms with Gasteiger partial charge >= 0.3 is 5.97 Å². The number of amides is 1. The Kier molecular flexibility index (Phi) is 4.49. The zero-order chi connectivity index (χ0) is 14.5. The maximum Gasteiger partial charge on any atom is 0.308 e. The summed E-state index contributed by atoms with van der Waals surface area (Å²) in [7, 11) is 1.39. The number of nitrogens with zero attached hydrogens (tertiary/aromatic N) is 1. The van der Waals surface area contributed by atoms with Crippen molar-refractivity contribution < 1.29 is 14.3 Å². The molecule has 108 valence electrons. The number of hydrogen-bond donors (Lipinski definition) is 2. The molecule has 0 radical (unpaired) electrons. The zero-order valence-electron chi connectivity index (χ0n) is 11.2. The predicted molar refractivity (Wildman–Crippen MR) is 70.1 cm³/mol. The second kappa shape index (κ2) is 6.31. The number of aromatic nitrogens is 2. The quantitative estimate of drug-likeness (QED) is 0.771. The summed E-state index contributed by atoms with van der Waals surface area (Å²) in [4.78, 5) is 34.2. The molecule has 1 amide bonds. The van der Waals surface area contributed by atoms with Crippen LogP contribution in [0.5, 0.6) is 0 Å². The second-order valence-electron chi connectivity index (χ2n) is 4.85. The fourth-order valence-electron chi connectivity index (χ4n) is 2.37. The van der Waals surface area contributed by atoms with Crippen LogP contribution in [0.15, 0.2) is 16.9 Å². The molecule has 1 fully saturated rings. The maximum atomic E-state index is 11.9. The van der Waals surface area contributed by atoms with Crippen molar-refractivity contribution in [1.82, 2.24) is 15.5 Å². The summed E-state index contributed by atoms with van der Waals surface area (Å²) >= 11 is 0. The van der Waals surface area contributed by atoms with E-state index < -0.39 is 0 Å². The molecule has 0 unspecified atom stereocenters. The molecule has 2 N–H and O–H groups in total. The van der Waals surface area contributed by atoms with Crippen LogP contribution < -0.4 is 10.9 Å². The Bertz CT molecular complexity index is 526. The van der Waals surface area contributed by atoms with Crippen molar-refractivity contribution in [1.29, 1.82) is 0 Å². The summed E-state index contributed by atoms with van der Waals surface area (Å²) in [5.41, 5.74) is -0.167. The molecule has 1 aromatic heterocycles. The number of nitrogens with one attached hydrogen (secondary N) is 2. The van der Waals surface area contributed by atoms with Crippen molar-refractivity contribution >= 4 is 11.9 Å². The minimum absolute atomic E-state index is 0.0251. The molecule has 1 saturated carbocycles. The smallest absolute Gasteiger partial charge is 0.308 e. The van der Waals surface area contributed by atoms with Crippen molar-refractivity contribution in [2.45, 2.75) is 31.7 Å². The first kappa shape index (κ1) is 14.2. The molecule has 20 heavy (non-hydrogen) atoms. The van der Waals surface area contributed by atoms with Crippen molar-refractivity contribution in [2.75, 3.05) is 7.11 Å². The Morgan fingerprint density at radius 2 is 2.00 bits per heavy atom. The molecule has 1 aliphatic rings. The summed E-state index contributed by atoms with van der Waals surface area (Å²) < 4.78 is 4.72. The summed E-state index contributed by atoms with van der Waals surface area (Å²) in [5, 5.41) is 8.75. The number of aromatic amines is 1. The third-order valence-corrected chi connectivity index (χ3v) is 3.51. The van der Waals surface area contributed by atoms with Gasteiger partial charge in [-0.15, -0.1) is 0 Å². The van der Waals surface area contributed by atoms with Gasteiger partial charge in [0.1, 0.15) is 5.69 Å². The number of H-pyrrole nitrogens is 1. The fourth-order valence-corrected chi connectivity index (χ4v) is 2.37. The van der Waals surface area contributed by atoms with Gasteiger partial charge in [0.15, 0.2) is 0 Å². The van der Waals surface area contributed by atoms with Gasteiger partial charge in [0.05, 0.1) is 13.0 Å². The van der Waals surface area contributed by atoms with E-state index in [1.807, 2.05) is 0 Å². The van der Waals surface area contributed by atoms with Gasteiger partial charge in [0.2, 0.25) is 0 Å². The molecule has 1 aliphatic carbocycles. The lowest BCUT2D eigenvalue weighted by Gasteiger charge is -2.27. The van der Waals surface area contributed by atoms with E-state index in [4.69, 9.17) is 4.74 Å². The molecule has 0 spiro atoms. The largest absolute Gasteiger partial charge is 0.469 e. The molecule has 0 aromatic carbocycles. The molecule has 7 heteroatoms. The third kappa shape index (κ3) is 3.43. The number of hydrogen-bond acceptors (Lipinski definition) is 5. The topological polar surface area (TPSA) is 101 Å². The molecule has 1 heterocycles. The highest BCUT2D eigenvalue weighted by molar-refractivity contribution is 5.92. The molecule has 0 saturated heterocycles. The standard InChI is InChI=1S/C13H17N3O4/c1-20-13(19)8-2-4-9(5-3-8)14-12(18)10-6-7-11(17)16-15-10/h6-9H,2-5H2,1H3,(H,14,18)(H,16,17). The van der Waals surface area contributed by atoms with E-state index in [2.05, 4.69) is 15.5 Å². The average molecular weight is 279 g/mol. The first-order valence-corrected chi connectivity index (χ1v) is 6.54. The summed E-state index contributed by atoms with van der Waals surface area (Å²) in [5.74, 6) is -0.570. The molecule has 0 atom stereocenters. The summed E-state index contributed by atoms with van der Waals surface area (Å²) in [6.07, 6.45) is 2.87. The first-order chi connectivity index (χ1) is 9.60. The Balaban J connectivity index is 1.86. The molecule has 7 nitrogen and oxygen atoms in total. The van der Waals surface area contributed by atoms with Crippen LogP contribution in [0.4, 0.5) is 0 Å². The van der Waals surface area contributed by atoms with Gasteiger partial charge in [-0.25, -0.2) is 5.10 Å². The molecular formula is C13H17N3O4. The Morgan fingerprint density at radius 3 is 2.55 bits per heavy atom. The lowest BCUT2D eigenvalue weighted by molar-refractivity contribution is -0.146. The molecule has 0 aliphatic heterocycles. The van der Waals surface area contributed by atoms with Crippen molar-refractivity contribution in [3.63, 3.8) is 0 Å². The number of carbonyl (C=O) groups excluding carboxylic acids is 2. The minimum atomic E-state index is -0.347. The first-order valence-electron chi connectivity index (χ1n) is 6.54. The van der Waals surface area contributed by atoms with E-state index in [1.54, 1.807) is 0 Å². The highest BCUT2D eigenvalue weighted by Gasteiger charge is 2.27. The van der Waals surface area contributed by atoms with Crippen LogP contribution in [0.3, 0.4) is 0 Å². The molecule has 0 bridgehead atoms. The van der Waals surface area contributed by atoms with Gasteiger partial charge in [0, 0.05) is 12.1 Å². The lowest BCUT2D eigenvalue weighted by Crippen LogP contribution is -2.39. The number of esters is 1. The zero-order valence-corrected chi connectivity index (χ0v) is 11.2. The van der Waals surface area contributed by atoms with E-state index in [9.17, 15) is 14.4 Å². The van der Waals surface area contributed by atoms with Crippen LogP contribution in [0.2, 0.25) is 0 Å². The van der Waals surface area contributed by atoms with Crippen LogP contribution in [0.1, 0.15) is 36.2 Å². The van der Waals surface area contributed by atoms with E-state index >= 15 is 0 Å². The highest BCUT2D eigenvalue weighted by atomic mass is 16.5. The van der Waals surface area contributed by atoms with Crippen LogP contribution >= 0.6 is 0 Å². The Labute approximate surface area is 115 Å². The normalized spacial score (nSPS) is 22.1. The van der Waals surface area contributed by atoms with Gasteiger partial charge in [0.25, 0.3) is 11.5 Å². The van der Waals surface area contributed by atoms with Crippen LogP contribution in [0, 0.1) is 5.92 Å². The van der Waals surface area contributed by atoms with Gasteiger partial charge in [-0.2, -0.15) is 5.10 Å². The predicted octanol–water partition coefficient (Wildman–Crippen LogP) is 0.231. The molecule has 1 aromatic rings. The molecule has 2 rings (SSSR count). The van der Waals surface area contributed by atoms with E-state index in [0.29, 0.717) is 12.8 Å². The van der Waals surface area contributed by atoms with E-state index in [0.717, 1.165) is 12.8 Å². The van der Waals surface area contributed by atoms with E-state index in [-0.39, 0.29) is 35.1 Å². The monoisotopic (exact) mass is 279 g/mol.